The van der Waals surface area contributed by atoms with Crippen molar-refractivity contribution in [2.45, 2.75) is 25.7 Å². The third kappa shape index (κ3) is 18.8. The Labute approximate surface area is 131 Å². The zero-order valence-electron chi connectivity index (χ0n) is 13.0. The topological polar surface area (TPSA) is 121 Å². The van der Waals surface area contributed by atoms with Gasteiger partial charge in [-0.05, 0) is 12.8 Å². The van der Waals surface area contributed by atoms with Crippen LogP contribution in [0.5, 0.6) is 0 Å². The van der Waals surface area contributed by atoms with Gasteiger partial charge in [-0.15, -0.1) is 0 Å². The number of nitrogens with zero attached hydrogens (tertiary/aromatic N) is 2. The maximum Gasteiger partial charge on any atom is 0.304 e. The highest BCUT2D eigenvalue weighted by atomic mass is 16.4. The number of carboxylic acids is 2. The van der Waals surface area contributed by atoms with E-state index in [0.717, 1.165) is 52.1 Å². The molecule has 8 nitrogen and oxygen atoms in total. The Kier molecular flexibility index (Phi) is 12.7. The van der Waals surface area contributed by atoms with E-state index in [-0.39, 0.29) is 13.2 Å². The lowest BCUT2D eigenvalue weighted by molar-refractivity contribution is -0.138. The number of carboxylic acid groups (broad SMARTS) is 2. The van der Waals surface area contributed by atoms with Crippen molar-refractivity contribution in [1.82, 2.24) is 9.80 Å². The van der Waals surface area contributed by atoms with Gasteiger partial charge in [0, 0.05) is 52.5 Å². The van der Waals surface area contributed by atoms with E-state index in [1.54, 1.807) is 0 Å². The van der Waals surface area contributed by atoms with Gasteiger partial charge in [-0.3, -0.25) is 9.59 Å². The van der Waals surface area contributed by atoms with Gasteiger partial charge < -0.3 is 30.2 Å². The molecule has 2 aliphatic heterocycles. The zero-order chi connectivity index (χ0) is 16.8. The summed E-state index contributed by atoms with van der Waals surface area (Å²) in [6.07, 6.45) is 2.02. The van der Waals surface area contributed by atoms with Crippen LogP contribution >= 0.6 is 0 Å². The van der Waals surface area contributed by atoms with Crippen molar-refractivity contribution in [3.8, 4) is 0 Å². The molecule has 0 spiro atoms. The second-order valence-corrected chi connectivity index (χ2v) is 5.13. The molecule has 0 bridgehead atoms. The number of aliphatic hydroxyl groups is 2. The Morgan fingerprint density at radius 1 is 0.727 bits per heavy atom. The molecule has 0 saturated carbocycles. The summed E-state index contributed by atoms with van der Waals surface area (Å²) in [5, 5.41) is 32.5. The van der Waals surface area contributed by atoms with Crippen molar-refractivity contribution in [2.24, 2.45) is 0 Å². The second kappa shape index (κ2) is 13.4. The molecule has 0 atom stereocenters. The highest BCUT2D eigenvalue weighted by molar-refractivity contribution is 5.67. The molecule has 2 heterocycles. The standard InChI is InChI=1S/2C5H9NO2.C4H10O2/c2*7-5(8)1-2-6-3-4-6;5-3-1-2-4-6/h2*1-4H2,(H,7,8);5-6H,1-4H2. The van der Waals surface area contributed by atoms with Crippen LogP contribution in [0, 0.1) is 0 Å². The molecule has 0 unspecified atom stereocenters. The fourth-order valence-electron chi connectivity index (χ4n) is 1.32. The molecule has 2 saturated heterocycles. The summed E-state index contributed by atoms with van der Waals surface area (Å²) < 4.78 is 0. The monoisotopic (exact) mass is 320 g/mol. The van der Waals surface area contributed by atoms with Crippen LogP contribution in [0.2, 0.25) is 0 Å². The number of hydrogen-bond acceptors (Lipinski definition) is 6. The molecule has 130 valence electrons. The number of rotatable bonds is 9. The predicted molar refractivity (Wildman–Crippen MR) is 80.8 cm³/mol. The molecular formula is C14H28N2O6. The van der Waals surface area contributed by atoms with Crippen molar-refractivity contribution < 1.29 is 30.0 Å². The van der Waals surface area contributed by atoms with E-state index >= 15 is 0 Å². The summed E-state index contributed by atoms with van der Waals surface area (Å²) in [4.78, 5) is 24.0. The van der Waals surface area contributed by atoms with E-state index in [4.69, 9.17) is 20.4 Å². The van der Waals surface area contributed by atoms with E-state index in [9.17, 15) is 9.59 Å². The first kappa shape index (κ1) is 20.8. The maximum atomic E-state index is 9.90. The van der Waals surface area contributed by atoms with E-state index in [2.05, 4.69) is 9.80 Å². The van der Waals surface area contributed by atoms with Gasteiger partial charge in [0.15, 0.2) is 0 Å². The molecule has 0 radical (unpaired) electrons. The van der Waals surface area contributed by atoms with Gasteiger partial charge >= 0.3 is 11.9 Å². The Morgan fingerprint density at radius 2 is 1.05 bits per heavy atom. The quantitative estimate of drug-likeness (QED) is 0.325. The van der Waals surface area contributed by atoms with Crippen LogP contribution < -0.4 is 0 Å². The van der Waals surface area contributed by atoms with Gasteiger partial charge in [0.2, 0.25) is 0 Å². The lowest BCUT2D eigenvalue weighted by Gasteiger charge is -1.92. The largest absolute Gasteiger partial charge is 0.481 e. The number of aliphatic carboxylic acids is 2. The first-order chi connectivity index (χ1) is 10.5. The molecule has 0 aromatic heterocycles. The average molecular weight is 320 g/mol. The molecule has 4 N–H and O–H groups in total. The van der Waals surface area contributed by atoms with Gasteiger partial charge in [-0.2, -0.15) is 0 Å². The molecule has 0 aliphatic carbocycles. The summed E-state index contributed by atoms with van der Waals surface area (Å²) >= 11 is 0. The van der Waals surface area contributed by atoms with Gasteiger partial charge in [-0.25, -0.2) is 0 Å². The Bertz CT molecular complexity index is 276. The minimum atomic E-state index is -0.697. The molecular weight excluding hydrogens is 292 g/mol. The summed E-state index contributed by atoms with van der Waals surface area (Å²) in [6, 6.07) is 0. The number of hydrogen-bond donors (Lipinski definition) is 4. The Balaban J connectivity index is 0.000000306. The normalized spacial score (nSPS) is 15.9. The van der Waals surface area contributed by atoms with Crippen LogP contribution in [-0.4, -0.2) is 94.6 Å². The lowest BCUT2D eigenvalue weighted by atomic mass is 10.3. The smallest absolute Gasteiger partial charge is 0.304 e. The first-order valence-corrected chi connectivity index (χ1v) is 7.59. The van der Waals surface area contributed by atoms with Crippen LogP contribution in [0.25, 0.3) is 0 Å². The van der Waals surface area contributed by atoms with Crippen molar-refractivity contribution >= 4 is 11.9 Å². The van der Waals surface area contributed by atoms with Crippen LogP contribution in [0.15, 0.2) is 0 Å². The lowest BCUT2D eigenvalue weighted by Crippen LogP contribution is -2.05. The molecule has 22 heavy (non-hydrogen) atoms. The van der Waals surface area contributed by atoms with Crippen LogP contribution in [-0.2, 0) is 9.59 Å². The molecule has 0 amide bonds. The third-order valence-electron chi connectivity index (χ3n) is 2.93. The molecule has 0 aromatic carbocycles. The minimum Gasteiger partial charge on any atom is -0.481 e. The van der Waals surface area contributed by atoms with Gasteiger partial charge in [-0.1, -0.05) is 0 Å². The van der Waals surface area contributed by atoms with Crippen LogP contribution in [0.3, 0.4) is 0 Å². The van der Waals surface area contributed by atoms with Gasteiger partial charge in [0.25, 0.3) is 0 Å². The SMILES string of the molecule is O=C(O)CCN1CC1.O=C(O)CCN1CC1.OCCCCO. The molecule has 2 aliphatic rings. The summed E-state index contributed by atoms with van der Waals surface area (Å²) in [6.45, 7) is 6.22. The third-order valence-corrected chi connectivity index (χ3v) is 2.93. The molecule has 2 fully saturated rings. The number of carbonyl (C=O) groups is 2. The van der Waals surface area contributed by atoms with Crippen molar-refractivity contribution in [3.05, 3.63) is 0 Å². The summed E-state index contributed by atoms with van der Waals surface area (Å²) in [5.74, 6) is -1.39. The molecule has 8 heteroatoms. The fourth-order valence-corrected chi connectivity index (χ4v) is 1.32. The summed E-state index contributed by atoms with van der Waals surface area (Å²) in [7, 11) is 0. The zero-order valence-corrected chi connectivity index (χ0v) is 13.0. The number of unbranched alkanes of at least 4 members (excludes halogenated alkanes) is 1. The summed E-state index contributed by atoms with van der Waals surface area (Å²) in [5.41, 5.74) is 0. The predicted octanol–water partition coefficient (Wildman–Crippen LogP) is -0.695. The van der Waals surface area contributed by atoms with Gasteiger partial charge in [0.1, 0.15) is 0 Å². The maximum absolute atomic E-state index is 9.90. The fraction of sp³-hybridized carbons (Fsp3) is 0.857. The van der Waals surface area contributed by atoms with Crippen LogP contribution in [0.4, 0.5) is 0 Å². The van der Waals surface area contributed by atoms with Crippen molar-refractivity contribution in [3.63, 3.8) is 0 Å². The Morgan fingerprint density at radius 3 is 1.23 bits per heavy atom. The van der Waals surface area contributed by atoms with Crippen molar-refractivity contribution in [1.29, 1.82) is 0 Å². The number of aliphatic hydroxyl groups excluding tert-OH is 2. The van der Waals surface area contributed by atoms with Crippen molar-refractivity contribution in [2.75, 3.05) is 52.5 Å². The van der Waals surface area contributed by atoms with E-state index in [1.165, 1.54) is 0 Å². The molecule has 0 aromatic rings. The highest BCUT2D eigenvalue weighted by Crippen LogP contribution is 2.03. The first-order valence-electron chi connectivity index (χ1n) is 7.59. The average Bonchev–Trinajstić information content (AvgIpc) is 3.36. The molecule has 2 rings (SSSR count). The van der Waals surface area contributed by atoms with E-state index in [1.807, 2.05) is 0 Å². The second-order valence-electron chi connectivity index (χ2n) is 5.13. The minimum absolute atomic E-state index is 0.195. The van der Waals surface area contributed by atoms with Gasteiger partial charge in [0.05, 0.1) is 12.8 Å². The van der Waals surface area contributed by atoms with E-state index in [0.29, 0.717) is 12.8 Å². The van der Waals surface area contributed by atoms with E-state index < -0.39 is 11.9 Å². The Hall–Kier alpha value is -1.22. The highest BCUT2D eigenvalue weighted by Gasteiger charge is 2.17. The van der Waals surface area contributed by atoms with Crippen LogP contribution in [0.1, 0.15) is 25.7 Å².